The van der Waals surface area contributed by atoms with Crippen LogP contribution < -0.4 is 5.32 Å². The van der Waals surface area contributed by atoms with Crippen LogP contribution in [0.4, 0.5) is 0 Å². The largest absolute Gasteiger partial charge is 0.336 e. The molecule has 3 rings (SSSR count). The van der Waals surface area contributed by atoms with Gasteiger partial charge in [-0.15, -0.1) is 0 Å². The summed E-state index contributed by atoms with van der Waals surface area (Å²) in [5.41, 5.74) is 1.07. The van der Waals surface area contributed by atoms with Crippen molar-refractivity contribution in [1.29, 1.82) is 0 Å². The second kappa shape index (κ2) is 5.17. The monoisotopic (exact) mass is 256 g/mol. The number of carbonyl (C=O) groups excluding carboxylic acids is 1. The summed E-state index contributed by atoms with van der Waals surface area (Å²) in [5.74, 6) is 1.42. The Hall–Kier alpha value is -1.61. The minimum absolute atomic E-state index is 0.144. The van der Waals surface area contributed by atoms with E-state index in [4.69, 9.17) is 0 Å². The molecule has 2 aliphatic rings. The van der Waals surface area contributed by atoms with Gasteiger partial charge in [0.1, 0.15) is 0 Å². The van der Waals surface area contributed by atoms with Gasteiger partial charge in [0, 0.05) is 31.8 Å². The van der Waals surface area contributed by atoms with Crippen LogP contribution in [0.3, 0.4) is 0 Å². The molecule has 1 aromatic rings. The molecule has 0 aliphatic carbocycles. The second-order valence-corrected chi connectivity index (χ2v) is 5.56. The fraction of sp³-hybridized carbons (Fsp3) is 0.438. The van der Waals surface area contributed by atoms with Crippen molar-refractivity contribution >= 4 is 12.0 Å². The standard InChI is InChI=1S/C16H20N2O/c1-12-15-10-17-9-14(15)11-18(12)16(19)8-7-13-5-3-2-4-6-13/h2-8,12,14-15,17H,9-11H2,1H3. The van der Waals surface area contributed by atoms with Crippen molar-refractivity contribution in [3.8, 4) is 0 Å². The fourth-order valence-corrected chi connectivity index (χ4v) is 3.29. The molecule has 100 valence electrons. The number of likely N-dealkylation sites (tertiary alicyclic amines) is 1. The Kier molecular flexibility index (Phi) is 3.38. The van der Waals surface area contributed by atoms with Crippen LogP contribution in [0.1, 0.15) is 12.5 Å². The summed E-state index contributed by atoms with van der Waals surface area (Å²) in [6, 6.07) is 10.3. The molecule has 0 radical (unpaired) electrons. The molecule has 0 saturated carbocycles. The average molecular weight is 256 g/mol. The van der Waals surface area contributed by atoms with Crippen LogP contribution in [0.15, 0.2) is 36.4 Å². The zero-order valence-electron chi connectivity index (χ0n) is 11.3. The zero-order valence-corrected chi connectivity index (χ0v) is 11.3. The Morgan fingerprint density at radius 3 is 2.84 bits per heavy atom. The molecule has 1 amide bonds. The normalized spacial score (nSPS) is 29.9. The van der Waals surface area contributed by atoms with E-state index in [0.717, 1.165) is 25.2 Å². The molecule has 19 heavy (non-hydrogen) atoms. The molecule has 2 saturated heterocycles. The summed E-state index contributed by atoms with van der Waals surface area (Å²) >= 11 is 0. The van der Waals surface area contributed by atoms with Gasteiger partial charge in [0.25, 0.3) is 0 Å². The quantitative estimate of drug-likeness (QED) is 0.818. The van der Waals surface area contributed by atoms with Gasteiger partial charge < -0.3 is 10.2 Å². The molecule has 0 bridgehead atoms. The second-order valence-electron chi connectivity index (χ2n) is 5.56. The Balaban J connectivity index is 1.67. The SMILES string of the molecule is CC1C2CNCC2CN1C(=O)C=Cc1ccccc1. The van der Waals surface area contributed by atoms with Crippen LogP contribution in [0, 0.1) is 11.8 Å². The lowest BCUT2D eigenvalue weighted by Crippen LogP contribution is -2.37. The van der Waals surface area contributed by atoms with Crippen molar-refractivity contribution in [3.05, 3.63) is 42.0 Å². The van der Waals surface area contributed by atoms with E-state index in [1.54, 1.807) is 6.08 Å². The Labute approximate surface area is 114 Å². The van der Waals surface area contributed by atoms with Gasteiger partial charge in [0.15, 0.2) is 0 Å². The zero-order chi connectivity index (χ0) is 13.2. The van der Waals surface area contributed by atoms with Gasteiger partial charge in [0.05, 0.1) is 0 Å². The van der Waals surface area contributed by atoms with Crippen LogP contribution in [0.25, 0.3) is 6.08 Å². The Morgan fingerprint density at radius 1 is 1.32 bits per heavy atom. The van der Waals surface area contributed by atoms with E-state index >= 15 is 0 Å². The van der Waals surface area contributed by atoms with E-state index in [9.17, 15) is 4.79 Å². The summed E-state index contributed by atoms with van der Waals surface area (Å²) < 4.78 is 0. The van der Waals surface area contributed by atoms with Crippen LogP contribution in [-0.2, 0) is 4.79 Å². The fourth-order valence-electron chi connectivity index (χ4n) is 3.29. The summed E-state index contributed by atoms with van der Waals surface area (Å²) in [4.78, 5) is 14.3. The molecule has 0 aromatic heterocycles. The first-order chi connectivity index (χ1) is 9.25. The van der Waals surface area contributed by atoms with Crippen LogP contribution >= 0.6 is 0 Å². The maximum Gasteiger partial charge on any atom is 0.246 e. The topological polar surface area (TPSA) is 32.3 Å². The lowest BCUT2D eigenvalue weighted by molar-refractivity contribution is -0.126. The summed E-state index contributed by atoms with van der Waals surface area (Å²) in [5, 5.41) is 3.42. The van der Waals surface area contributed by atoms with Gasteiger partial charge in [0.2, 0.25) is 5.91 Å². The molecule has 3 unspecified atom stereocenters. The molecule has 1 N–H and O–H groups in total. The highest BCUT2D eigenvalue weighted by Crippen LogP contribution is 2.32. The predicted molar refractivity (Wildman–Crippen MR) is 76.5 cm³/mol. The number of nitrogens with zero attached hydrogens (tertiary/aromatic N) is 1. The molecular formula is C16H20N2O. The highest BCUT2D eigenvalue weighted by Gasteiger charge is 2.42. The third-order valence-electron chi connectivity index (χ3n) is 4.44. The third kappa shape index (κ3) is 2.43. The van der Waals surface area contributed by atoms with Crippen LogP contribution in [0.5, 0.6) is 0 Å². The molecule has 0 spiro atoms. The van der Waals surface area contributed by atoms with Crippen LogP contribution in [-0.4, -0.2) is 36.5 Å². The van der Waals surface area contributed by atoms with Crippen molar-refractivity contribution < 1.29 is 4.79 Å². The van der Waals surface area contributed by atoms with Gasteiger partial charge >= 0.3 is 0 Å². The van der Waals surface area contributed by atoms with Gasteiger partial charge in [-0.1, -0.05) is 30.3 Å². The van der Waals surface area contributed by atoms with E-state index in [2.05, 4.69) is 12.2 Å². The minimum Gasteiger partial charge on any atom is -0.336 e. The average Bonchev–Trinajstić information content (AvgIpc) is 3.01. The first-order valence-corrected chi connectivity index (χ1v) is 7.00. The molecule has 3 nitrogen and oxygen atoms in total. The molecular weight excluding hydrogens is 236 g/mol. The van der Waals surface area contributed by atoms with Gasteiger partial charge in [-0.25, -0.2) is 0 Å². The van der Waals surface area contributed by atoms with E-state index in [0.29, 0.717) is 17.9 Å². The first kappa shape index (κ1) is 12.4. The maximum absolute atomic E-state index is 12.3. The lowest BCUT2D eigenvalue weighted by atomic mass is 9.95. The number of nitrogens with one attached hydrogen (secondary N) is 1. The maximum atomic E-state index is 12.3. The van der Waals surface area contributed by atoms with Crippen molar-refractivity contribution in [2.24, 2.45) is 11.8 Å². The summed E-state index contributed by atoms with van der Waals surface area (Å²) in [6.07, 6.45) is 3.61. The Bertz CT molecular complexity index is 483. The summed E-state index contributed by atoms with van der Waals surface area (Å²) in [6.45, 7) is 5.18. The molecule has 3 atom stereocenters. The highest BCUT2D eigenvalue weighted by molar-refractivity contribution is 5.92. The summed E-state index contributed by atoms with van der Waals surface area (Å²) in [7, 11) is 0. The predicted octanol–water partition coefficient (Wildman–Crippen LogP) is 1.77. The lowest BCUT2D eigenvalue weighted by Gasteiger charge is -2.23. The number of hydrogen-bond acceptors (Lipinski definition) is 2. The van der Waals surface area contributed by atoms with E-state index < -0.39 is 0 Å². The smallest absolute Gasteiger partial charge is 0.246 e. The molecule has 2 heterocycles. The number of amides is 1. The van der Waals surface area contributed by atoms with Crippen molar-refractivity contribution in [1.82, 2.24) is 10.2 Å². The van der Waals surface area contributed by atoms with E-state index in [1.807, 2.05) is 41.3 Å². The Morgan fingerprint density at radius 2 is 2.11 bits per heavy atom. The third-order valence-corrected chi connectivity index (χ3v) is 4.44. The number of fused-ring (bicyclic) bond motifs is 1. The number of rotatable bonds is 2. The van der Waals surface area contributed by atoms with Crippen molar-refractivity contribution in [2.75, 3.05) is 19.6 Å². The number of benzene rings is 1. The number of hydrogen-bond donors (Lipinski definition) is 1. The number of carbonyl (C=O) groups is 1. The molecule has 2 fully saturated rings. The molecule has 2 aliphatic heterocycles. The van der Waals surface area contributed by atoms with Crippen LogP contribution in [0.2, 0.25) is 0 Å². The van der Waals surface area contributed by atoms with Gasteiger partial charge in [-0.05, 0) is 30.4 Å². The van der Waals surface area contributed by atoms with E-state index in [-0.39, 0.29) is 5.91 Å². The van der Waals surface area contributed by atoms with Crippen molar-refractivity contribution in [3.63, 3.8) is 0 Å². The highest BCUT2D eigenvalue weighted by atomic mass is 16.2. The van der Waals surface area contributed by atoms with Gasteiger partial charge in [-0.2, -0.15) is 0 Å². The first-order valence-electron chi connectivity index (χ1n) is 7.00. The van der Waals surface area contributed by atoms with Gasteiger partial charge in [-0.3, -0.25) is 4.79 Å². The van der Waals surface area contributed by atoms with E-state index in [1.165, 1.54) is 0 Å². The molecule has 3 heteroatoms. The minimum atomic E-state index is 0.144. The molecule has 1 aromatic carbocycles. The van der Waals surface area contributed by atoms with Crippen molar-refractivity contribution in [2.45, 2.75) is 13.0 Å².